The number of hydrogen-bond donors (Lipinski definition) is 3. The molecule has 2 aliphatic rings. The fraction of sp³-hybridized carbons (Fsp3) is 0.480. The molecule has 34 heavy (non-hydrogen) atoms. The van der Waals surface area contributed by atoms with Crippen LogP contribution in [0.25, 0.3) is 0 Å². The molecule has 0 bridgehead atoms. The van der Waals surface area contributed by atoms with Crippen molar-refractivity contribution in [3.63, 3.8) is 0 Å². The average molecular weight is 527 g/mol. The predicted octanol–water partition coefficient (Wildman–Crippen LogP) is 4.90. The third kappa shape index (κ3) is 6.20. The second kappa shape index (κ2) is 11.1. The summed E-state index contributed by atoms with van der Waals surface area (Å²) in [5, 5.41) is 26.7. The maximum Gasteiger partial charge on any atom is 0.173 e. The Balaban J connectivity index is 1.24. The van der Waals surface area contributed by atoms with E-state index in [0.717, 1.165) is 37.2 Å². The molecule has 9 heteroatoms. The number of β-amino-alcohol motifs (C(OH)–C–C–N with tert-alkyl or cyclic N) is 1. The highest BCUT2D eigenvalue weighted by molar-refractivity contribution is 7.80. The van der Waals surface area contributed by atoms with Gasteiger partial charge in [0.15, 0.2) is 5.11 Å². The smallest absolute Gasteiger partial charge is 0.173 e. The van der Waals surface area contributed by atoms with Gasteiger partial charge in [0.05, 0.1) is 21.8 Å². The van der Waals surface area contributed by atoms with Crippen LogP contribution < -0.4 is 5.32 Å². The summed E-state index contributed by atoms with van der Waals surface area (Å²) >= 11 is 17.6. The van der Waals surface area contributed by atoms with Crippen LogP contribution in [0.15, 0.2) is 42.5 Å². The number of halogens is 3. The molecule has 2 aromatic rings. The summed E-state index contributed by atoms with van der Waals surface area (Å²) in [5.41, 5.74) is 0.783. The Labute approximate surface area is 215 Å². The number of thiocarbonyl (C=S) groups is 1. The van der Waals surface area contributed by atoms with Crippen molar-refractivity contribution in [2.24, 2.45) is 0 Å². The largest absolute Gasteiger partial charge is 0.389 e. The first kappa shape index (κ1) is 25.6. The number of benzene rings is 2. The Bertz CT molecular complexity index is 994. The van der Waals surface area contributed by atoms with Crippen LogP contribution in [0.4, 0.5) is 10.1 Å². The predicted molar refractivity (Wildman–Crippen MR) is 139 cm³/mol. The Morgan fingerprint density at radius 3 is 2.32 bits per heavy atom. The SMILES string of the molecule is OC(CN1CCC(c2ccc(F)cc2)CC1)C1(O)CCN(C(=S)Nc2ccc(Cl)c(Cl)c2)CC1. The monoisotopic (exact) mass is 525 g/mol. The molecule has 4 rings (SSSR count). The summed E-state index contributed by atoms with van der Waals surface area (Å²) in [7, 11) is 0. The molecule has 1 unspecified atom stereocenters. The summed E-state index contributed by atoms with van der Waals surface area (Å²) in [6.07, 6.45) is 1.96. The highest BCUT2D eigenvalue weighted by Gasteiger charge is 2.40. The minimum absolute atomic E-state index is 0.213. The zero-order valence-electron chi connectivity index (χ0n) is 18.9. The van der Waals surface area contributed by atoms with Crippen LogP contribution in [0.2, 0.25) is 10.0 Å². The first-order chi connectivity index (χ1) is 16.2. The molecule has 0 radical (unpaired) electrons. The van der Waals surface area contributed by atoms with Gasteiger partial charge in [-0.2, -0.15) is 0 Å². The highest BCUT2D eigenvalue weighted by atomic mass is 35.5. The molecule has 2 aliphatic heterocycles. The fourth-order valence-corrected chi connectivity index (χ4v) is 5.40. The Kier molecular flexibility index (Phi) is 8.33. The van der Waals surface area contributed by atoms with Crippen molar-refractivity contribution in [3.8, 4) is 0 Å². The van der Waals surface area contributed by atoms with E-state index in [2.05, 4.69) is 10.2 Å². The lowest BCUT2D eigenvalue weighted by Gasteiger charge is -2.43. The first-order valence-corrected chi connectivity index (χ1v) is 12.8. The van der Waals surface area contributed by atoms with Gasteiger partial charge in [0.2, 0.25) is 0 Å². The molecule has 2 saturated heterocycles. The van der Waals surface area contributed by atoms with E-state index in [0.29, 0.717) is 53.6 Å². The second-order valence-corrected chi connectivity index (χ2v) is 10.5. The zero-order chi connectivity index (χ0) is 24.3. The van der Waals surface area contributed by atoms with Crippen molar-refractivity contribution >= 4 is 46.2 Å². The number of rotatable bonds is 5. The summed E-state index contributed by atoms with van der Waals surface area (Å²) in [4.78, 5) is 4.21. The Morgan fingerprint density at radius 1 is 1.06 bits per heavy atom. The molecule has 0 amide bonds. The fourth-order valence-electron chi connectivity index (χ4n) is 4.80. The van der Waals surface area contributed by atoms with Gasteiger partial charge in [-0.25, -0.2) is 4.39 Å². The van der Waals surface area contributed by atoms with Gasteiger partial charge in [-0.05, 0) is 92.8 Å². The van der Waals surface area contributed by atoms with Gasteiger partial charge in [0.1, 0.15) is 5.82 Å². The third-order valence-corrected chi connectivity index (χ3v) is 8.17. The van der Waals surface area contributed by atoms with Crippen molar-refractivity contribution in [1.29, 1.82) is 0 Å². The van der Waals surface area contributed by atoms with E-state index in [9.17, 15) is 14.6 Å². The van der Waals surface area contributed by atoms with Gasteiger partial charge < -0.3 is 25.3 Å². The van der Waals surface area contributed by atoms with Crippen LogP contribution in [0, 0.1) is 5.82 Å². The molecule has 0 aromatic heterocycles. The minimum atomic E-state index is -1.14. The van der Waals surface area contributed by atoms with Crippen molar-refractivity contribution in [1.82, 2.24) is 9.80 Å². The summed E-state index contributed by atoms with van der Waals surface area (Å²) in [6, 6.07) is 12.0. The van der Waals surface area contributed by atoms with Crippen molar-refractivity contribution in [2.75, 3.05) is 38.0 Å². The lowest BCUT2D eigenvalue weighted by molar-refractivity contribution is -0.112. The number of anilines is 1. The zero-order valence-corrected chi connectivity index (χ0v) is 21.2. The summed E-state index contributed by atoms with van der Waals surface area (Å²) in [6.45, 7) is 3.23. The van der Waals surface area contributed by atoms with E-state index in [1.54, 1.807) is 12.1 Å². The van der Waals surface area contributed by atoms with Gasteiger partial charge in [-0.1, -0.05) is 35.3 Å². The van der Waals surface area contributed by atoms with Crippen molar-refractivity contribution in [3.05, 3.63) is 63.9 Å². The lowest BCUT2D eigenvalue weighted by Crippen LogP contribution is -2.56. The molecular formula is C25H30Cl2FN3O2S. The molecular weight excluding hydrogens is 496 g/mol. The summed E-state index contributed by atoms with van der Waals surface area (Å²) in [5.74, 6) is 0.193. The number of hydrogen-bond acceptors (Lipinski definition) is 4. The maximum absolute atomic E-state index is 13.2. The third-order valence-electron chi connectivity index (χ3n) is 7.07. The number of nitrogens with one attached hydrogen (secondary N) is 1. The van der Waals surface area contributed by atoms with E-state index in [1.165, 1.54) is 12.1 Å². The second-order valence-electron chi connectivity index (χ2n) is 9.29. The van der Waals surface area contributed by atoms with Gasteiger partial charge in [-0.15, -0.1) is 0 Å². The molecule has 2 aromatic carbocycles. The molecule has 184 valence electrons. The average Bonchev–Trinajstić information content (AvgIpc) is 2.83. The standard InChI is InChI=1S/C25H30Cl2FN3O2S/c26-21-6-5-20(15-22(21)27)29-24(34)31-13-9-25(33,10-14-31)23(32)16-30-11-7-18(8-12-30)17-1-3-19(28)4-2-17/h1-6,15,18,23,32-33H,7-14,16H2,(H,29,34). The normalized spacial score (nSPS) is 20.2. The quantitative estimate of drug-likeness (QED) is 0.483. The van der Waals surface area contributed by atoms with E-state index in [-0.39, 0.29) is 5.82 Å². The van der Waals surface area contributed by atoms with E-state index < -0.39 is 11.7 Å². The molecule has 0 saturated carbocycles. The molecule has 2 fully saturated rings. The molecule has 0 aliphatic carbocycles. The van der Waals surface area contributed by atoms with Crippen molar-refractivity contribution in [2.45, 2.75) is 43.3 Å². The van der Waals surface area contributed by atoms with E-state index in [4.69, 9.17) is 35.4 Å². The van der Waals surface area contributed by atoms with Gasteiger partial charge in [-0.3, -0.25) is 0 Å². The first-order valence-electron chi connectivity index (χ1n) is 11.6. The number of aliphatic hydroxyl groups is 2. The van der Waals surface area contributed by atoms with E-state index >= 15 is 0 Å². The minimum Gasteiger partial charge on any atom is -0.389 e. The van der Waals surface area contributed by atoms with Crippen LogP contribution >= 0.6 is 35.4 Å². The van der Waals surface area contributed by atoms with Crippen LogP contribution in [0.3, 0.4) is 0 Å². The Hall–Kier alpha value is -1.48. The highest BCUT2D eigenvalue weighted by Crippen LogP contribution is 2.31. The van der Waals surface area contributed by atoms with Crippen LogP contribution in [-0.4, -0.2) is 69.6 Å². The van der Waals surface area contributed by atoms with Crippen LogP contribution in [0.5, 0.6) is 0 Å². The number of aliphatic hydroxyl groups excluding tert-OH is 1. The number of nitrogens with zero attached hydrogens (tertiary/aromatic N) is 2. The van der Waals surface area contributed by atoms with Crippen LogP contribution in [-0.2, 0) is 0 Å². The van der Waals surface area contributed by atoms with Gasteiger partial charge in [0.25, 0.3) is 0 Å². The Morgan fingerprint density at radius 2 is 1.71 bits per heavy atom. The van der Waals surface area contributed by atoms with Gasteiger partial charge >= 0.3 is 0 Å². The topological polar surface area (TPSA) is 59.0 Å². The summed E-state index contributed by atoms with van der Waals surface area (Å²) < 4.78 is 13.2. The van der Waals surface area contributed by atoms with Gasteiger partial charge in [0, 0.05) is 25.3 Å². The number of likely N-dealkylation sites (tertiary alicyclic amines) is 2. The molecule has 5 nitrogen and oxygen atoms in total. The number of piperidine rings is 2. The van der Waals surface area contributed by atoms with E-state index in [1.807, 2.05) is 23.1 Å². The maximum atomic E-state index is 13.2. The molecule has 0 spiro atoms. The lowest BCUT2D eigenvalue weighted by atomic mass is 9.84. The molecule has 1 atom stereocenters. The molecule has 3 N–H and O–H groups in total. The van der Waals surface area contributed by atoms with Crippen molar-refractivity contribution < 1.29 is 14.6 Å². The van der Waals surface area contributed by atoms with Crippen LogP contribution in [0.1, 0.15) is 37.2 Å². The molecule has 2 heterocycles.